The zero-order valence-electron chi connectivity index (χ0n) is 12.9. The molecule has 2 unspecified atom stereocenters. The number of benzene rings is 1. The van der Waals surface area contributed by atoms with E-state index in [-0.39, 0.29) is 6.04 Å². The summed E-state index contributed by atoms with van der Waals surface area (Å²) >= 11 is 0. The van der Waals surface area contributed by atoms with E-state index in [1.54, 1.807) is 0 Å². The Morgan fingerprint density at radius 2 is 1.90 bits per heavy atom. The molecule has 0 amide bonds. The molecular weight excluding hydrogens is 250 g/mol. The summed E-state index contributed by atoms with van der Waals surface area (Å²) in [7, 11) is 0. The molecule has 20 heavy (non-hydrogen) atoms. The van der Waals surface area contributed by atoms with Crippen LogP contribution in [-0.4, -0.2) is 35.8 Å². The number of hydrogen-bond donors (Lipinski definition) is 1. The number of aliphatic hydroxyl groups excluding tert-OH is 1. The van der Waals surface area contributed by atoms with E-state index in [9.17, 15) is 5.11 Å². The van der Waals surface area contributed by atoms with Gasteiger partial charge in [-0.05, 0) is 37.9 Å². The molecule has 0 aromatic heterocycles. The van der Waals surface area contributed by atoms with Crippen molar-refractivity contribution >= 4 is 0 Å². The molecule has 0 spiro atoms. The highest BCUT2D eigenvalue weighted by Crippen LogP contribution is 2.38. The van der Waals surface area contributed by atoms with Crippen molar-refractivity contribution in [3.8, 4) is 5.75 Å². The second-order valence-corrected chi connectivity index (χ2v) is 5.55. The SMILES string of the molecule is CCCN(CCC)C1c2cccc(CC)c2OCC1O. The Morgan fingerprint density at radius 1 is 1.20 bits per heavy atom. The van der Waals surface area contributed by atoms with Crippen LogP contribution in [0.3, 0.4) is 0 Å². The number of fused-ring (bicyclic) bond motifs is 1. The number of ether oxygens (including phenoxy) is 1. The molecule has 1 aromatic carbocycles. The van der Waals surface area contributed by atoms with Gasteiger partial charge in [0.15, 0.2) is 0 Å². The molecule has 2 rings (SSSR count). The maximum atomic E-state index is 10.4. The number of nitrogens with zero attached hydrogens (tertiary/aromatic N) is 1. The van der Waals surface area contributed by atoms with Gasteiger partial charge < -0.3 is 9.84 Å². The van der Waals surface area contributed by atoms with Crippen LogP contribution in [-0.2, 0) is 6.42 Å². The minimum absolute atomic E-state index is 0.0742. The lowest BCUT2D eigenvalue weighted by molar-refractivity contribution is -0.000580. The summed E-state index contributed by atoms with van der Waals surface area (Å²) < 4.78 is 5.82. The molecule has 0 saturated heterocycles. The van der Waals surface area contributed by atoms with Crippen molar-refractivity contribution < 1.29 is 9.84 Å². The van der Waals surface area contributed by atoms with E-state index in [2.05, 4.69) is 43.9 Å². The molecule has 1 aliphatic rings. The molecule has 0 fully saturated rings. The fraction of sp³-hybridized carbons (Fsp3) is 0.647. The van der Waals surface area contributed by atoms with E-state index in [0.29, 0.717) is 6.61 Å². The van der Waals surface area contributed by atoms with E-state index in [1.807, 2.05) is 0 Å². The Morgan fingerprint density at radius 3 is 2.50 bits per heavy atom. The van der Waals surface area contributed by atoms with Gasteiger partial charge in [-0.2, -0.15) is 0 Å². The Bertz CT molecular complexity index is 427. The second kappa shape index (κ2) is 7.09. The number of rotatable bonds is 6. The molecule has 1 aromatic rings. The van der Waals surface area contributed by atoms with Gasteiger partial charge >= 0.3 is 0 Å². The fourth-order valence-electron chi connectivity index (χ4n) is 3.16. The summed E-state index contributed by atoms with van der Waals surface area (Å²) in [5, 5.41) is 10.4. The molecule has 2 atom stereocenters. The average Bonchev–Trinajstić information content (AvgIpc) is 2.46. The Hall–Kier alpha value is -1.06. The van der Waals surface area contributed by atoms with Crippen LogP contribution >= 0.6 is 0 Å². The van der Waals surface area contributed by atoms with E-state index in [4.69, 9.17) is 4.74 Å². The van der Waals surface area contributed by atoms with Gasteiger partial charge in [-0.1, -0.05) is 39.0 Å². The summed E-state index contributed by atoms with van der Waals surface area (Å²) in [5.74, 6) is 1.00. The molecule has 0 saturated carbocycles. The van der Waals surface area contributed by atoms with Gasteiger partial charge in [-0.25, -0.2) is 0 Å². The molecule has 1 N–H and O–H groups in total. The number of aliphatic hydroxyl groups is 1. The smallest absolute Gasteiger partial charge is 0.127 e. The molecule has 1 heterocycles. The molecule has 0 radical (unpaired) electrons. The topological polar surface area (TPSA) is 32.7 Å². The summed E-state index contributed by atoms with van der Waals surface area (Å²) in [4.78, 5) is 2.41. The van der Waals surface area contributed by atoms with Gasteiger partial charge in [0.1, 0.15) is 18.5 Å². The molecular formula is C17H27NO2. The fourth-order valence-corrected chi connectivity index (χ4v) is 3.16. The third-order valence-electron chi connectivity index (χ3n) is 4.00. The first-order valence-electron chi connectivity index (χ1n) is 7.89. The van der Waals surface area contributed by atoms with Gasteiger partial charge in [0.2, 0.25) is 0 Å². The highest BCUT2D eigenvalue weighted by molar-refractivity contribution is 5.45. The maximum Gasteiger partial charge on any atom is 0.127 e. The quantitative estimate of drug-likeness (QED) is 0.867. The van der Waals surface area contributed by atoms with Gasteiger partial charge in [0, 0.05) is 5.56 Å². The minimum Gasteiger partial charge on any atom is -0.490 e. The number of para-hydroxylation sites is 1. The van der Waals surface area contributed by atoms with Crippen molar-refractivity contribution in [1.82, 2.24) is 4.90 Å². The van der Waals surface area contributed by atoms with Crippen molar-refractivity contribution in [2.45, 2.75) is 52.2 Å². The van der Waals surface area contributed by atoms with Gasteiger partial charge in [-0.15, -0.1) is 0 Å². The van der Waals surface area contributed by atoms with E-state index in [0.717, 1.165) is 43.7 Å². The standard InChI is InChI=1S/C17H27NO2/c1-4-10-18(11-5-2)16-14-9-7-8-13(6-3)17(14)20-12-15(16)19/h7-9,15-16,19H,4-6,10-12H2,1-3H3. The van der Waals surface area contributed by atoms with Gasteiger partial charge in [0.25, 0.3) is 0 Å². The number of aryl methyl sites for hydroxylation is 1. The predicted octanol–water partition coefficient (Wildman–Crippen LogP) is 3.17. The van der Waals surface area contributed by atoms with Crippen LogP contribution in [0.15, 0.2) is 18.2 Å². The first kappa shape index (κ1) is 15.3. The van der Waals surface area contributed by atoms with Crippen LogP contribution in [0, 0.1) is 0 Å². The van der Waals surface area contributed by atoms with E-state index >= 15 is 0 Å². The number of hydrogen-bond acceptors (Lipinski definition) is 3. The first-order chi connectivity index (χ1) is 9.72. The van der Waals surface area contributed by atoms with Crippen molar-refractivity contribution in [1.29, 1.82) is 0 Å². The van der Waals surface area contributed by atoms with Crippen molar-refractivity contribution in [2.24, 2.45) is 0 Å². The summed E-state index contributed by atoms with van der Waals surface area (Å²) in [6.07, 6.45) is 2.74. The lowest BCUT2D eigenvalue weighted by Crippen LogP contribution is -2.43. The van der Waals surface area contributed by atoms with E-state index in [1.165, 1.54) is 5.56 Å². The third kappa shape index (κ3) is 2.99. The molecule has 0 bridgehead atoms. The Kier molecular flexibility index (Phi) is 5.44. The zero-order chi connectivity index (χ0) is 14.5. The molecule has 3 nitrogen and oxygen atoms in total. The predicted molar refractivity (Wildman–Crippen MR) is 82.2 cm³/mol. The Labute approximate surface area is 122 Å². The zero-order valence-corrected chi connectivity index (χ0v) is 12.9. The molecule has 112 valence electrons. The summed E-state index contributed by atoms with van der Waals surface area (Å²) in [6.45, 7) is 8.97. The van der Waals surface area contributed by atoms with Crippen LogP contribution in [0.5, 0.6) is 5.75 Å². The lowest BCUT2D eigenvalue weighted by Gasteiger charge is -2.39. The van der Waals surface area contributed by atoms with Crippen LogP contribution < -0.4 is 4.74 Å². The van der Waals surface area contributed by atoms with E-state index < -0.39 is 6.10 Å². The largest absolute Gasteiger partial charge is 0.490 e. The second-order valence-electron chi connectivity index (χ2n) is 5.55. The first-order valence-corrected chi connectivity index (χ1v) is 7.89. The Balaban J connectivity index is 2.37. The summed E-state index contributed by atoms with van der Waals surface area (Å²) in [6, 6.07) is 6.39. The minimum atomic E-state index is -0.437. The van der Waals surface area contributed by atoms with Crippen LogP contribution in [0.4, 0.5) is 0 Å². The van der Waals surface area contributed by atoms with Crippen molar-refractivity contribution in [2.75, 3.05) is 19.7 Å². The maximum absolute atomic E-state index is 10.4. The monoisotopic (exact) mass is 277 g/mol. The highest BCUT2D eigenvalue weighted by Gasteiger charge is 2.34. The van der Waals surface area contributed by atoms with Crippen molar-refractivity contribution in [3.05, 3.63) is 29.3 Å². The van der Waals surface area contributed by atoms with Gasteiger partial charge in [0.05, 0.1) is 6.04 Å². The van der Waals surface area contributed by atoms with Crippen LogP contribution in [0.2, 0.25) is 0 Å². The molecule has 1 aliphatic heterocycles. The highest BCUT2D eigenvalue weighted by atomic mass is 16.5. The van der Waals surface area contributed by atoms with Crippen molar-refractivity contribution in [3.63, 3.8) is 0 Å². The average molecular weight is 277 g/mol. The summed E-state index contributed by atoms with van der Waals surface area (Å²) in [5.41, 5.74) is 2.40. The third-order valence-corrected chi connectivity index (χ3v) is 4.00. The normalized spacial score (nSPS) is 21.6. The lowest BCUT2D eigenvalue weighted by atomic mass is 9.93. The van der Waals surface area contributed by atoms with Crippen LogP contribution in [0.25, 0.3) is 0 Å². The van der Waals surface area contributed by atoms with Crippen LogP contribution in [0.1, 0.15) is 50.8 Å². The molecule has 0 aliphatic carbocycles. The van der Waals surface area contributed by atoms with Gasteiger partial charge in [-0.3, -0.25) is 4.90 Å². The molecule has 3 heteroatoms.